The standard InChI is InChI=1S/C9H18N2O2S/c1-2-3-4-5-8(12)11-9(13)7(10)6-14/h7,14H,2-6,10H2,1H3,(H,11,12,13)/t7-/m0/s1. The number of imide groups is 1. The van der Waals surface area contributed by atoms with Crippen LogP contribution < -0.4 is 11.1 Å². The third-order valence-corrected chi connectivity index (χ3v) is 2.20. The second-order valence-corrected chi connectivity index (χ2v) is 3.52. The first kappa shape index (κ1) is 13.4. The largest absolute Gasteiger partial charge is 0.319 e. The number of unbranched alkanes of at least 4 members (excludes halogenated alkanes) is 2. The molecular weight excluding hydrogens is 200 g/mol. The maximum absolute atomic E-state index is 11.1. The summed E-state index contributed by atoms with van der Waals surface area (Å²) in [6.07, 6.45) is 3.25. The van der Waals surface area contributed by atoms with Crippen molar-refractivity contribution in [2.45, 2.75) is 38.6 Å². The summed E-state index contributed by atoms with van der Waals surface area (Å²) >= 11 is 3.87. The lowest BCUT2D eigenvalue weighted by Gasteiger charge is -2.08. The van der Waals surface area contributed by atoms with Gasteiger partial charge in [-0.15, -0.1) is 0 Å². The van der Waals surface area contributed by atoms with E-state index >= 15 is 0 Å². The molecule has 0 aliphatic rings. The van der Waals surface area contributed by atoms with Gasteiger partial charge in [-0.25, -0.2) is 0 Å². The Morgan fingerprint density at radius 1 is 1.43 bits per heavy atom. The number of nitrogens with one attached hydrogen (secondary N) is 1. The number of rotatable bonds is 6. The molecule has 0 aliphatic carbocycles. The minimum Gasteiger partial charge on any atom is -0.319 e. The molecule has 0 aromatic carbocycles. The van der Waals surface area contributed by atoms with Gasteiger partial charge in [-0.2, -0.15) is 12.6 Å². The highest BCUT2D eigenvalue weighted by atomic mass is 32.1. The molecule has 0 rings (SSSR count). The van der Waals surface area contributed by atoms with Crippen molar-refractivity contribution in [3.63, 3.8) is 0 Å². The molecule has 2 amide bonds. The molecule has 1 atom stereocenters. The highest BCUT2D eigenvalue weighted by Gasteiger charge is 2.13. The summed E-state index contributed by atoms with van der Waals surface area (Å²) in [6.45, 7) is 2.06. The van der Waals surface area contributed by atoms with E-state index in [-0.39, 0.29) is 11.7 Å². The molecule has 82 valence electrons. The fourth-order valence-electron chi connectivity index (χ4n) is 0.911. The molecule has 0 radical (unpaired) electrons. The minimum absolute atomic E-state index is 0.244. The van der Waals surface area contributed by atoms with E-state index in [2.05, 4.69) is 24.9 Å². The summed E-state index contributed by atoms with van der Waals surface area (Å²) in [5.74, 6) is -0.448. The Balaban J connectivity index is 3.66. The molecule has 5 heteroatoms. The number of thiol groups is 1. The highest BCUT2D eigenvalue weighted by Crippen LogP contribution is 1.98. The molecular formula is C9H18N2O2S. The van der Waals surface area contributed by atoms with Crippen LogP contribution in [-0.2, 0) is 9.59 Å². The number of carbonyl (C=O) groups excluding carboxylic acids is 2. The lowest BCUT2D eigenvalue weighted by molar-refractivity contribution is -0.130. The van der Waals surface area contributed by atoms with Crippen LogP contribution >= 0.6 is 12.6 Å². The molecule has 14 heavy (non-hydrogen) atoms. The molecule has 0 unspecified atom stereocenters. The molecule has 0 saturated carbocycles. The van der Waals surface area contributed by atoms with Gasteiger partial charge in [0.05, 0.1) is 6.04 Å². The number of nitrogens with two attached hydrogens (primary N) is 1. The SMILES string of the molecule is CCCCCC(=O)NC(=O)[C@@H](N)CS. The van der Waals surface area contributed by atoms with Crippen molar-refractivity contribution >= 4 is 24.4 Å². The number of hydrogen-bond donors (Lipinski definition) is 3. The summed E-state index contributed by atoms with van der Waals surface area (Å²) in [4.78, 5) is 22.2. The number of hydrogen-bond acceptors (Lipinski definition) is 4. The summed E-state index contributed by atoms with van der Waals surface area (Å²) in [7, 11) is 0. The molecule has 4 nitrogen and oxygen atoms in total. The Bertz CT molecular complexity index is 197. The maximum atomic E-state index is 11.1. The third-order valence-electron chi connectivity index (χ3n) is 1.80. The van der Waals surface area contributed by atoms with Crippen LogP contribution in [0.2, 0.25) is 0 Å². The van der Waals surface area contributed by atoms with Gasteiger partial charge in [0.1, 0.15) is 0 Å². The quantitative estimate of drug-likeness (QED) is 0.448. The van der Waals surface area contributed by atoms with Gasteiger partial charge in [-0.3, -0.25) is 14.9 Å². The molecule has 0 heterocycles. The van der Waals surface area contributed by atoms with Crippen molar-refractivity contribution in [3.8, 4) is 0 Å². The monoisotopic (exact) mass is 218 g/mol. The van der Waals surface area contributed by atoms with Gasteiger partial charge in [0.25, 0.3) is 0 Å². The van der Waals surface area contributed by atoms with Crippen molar-refractivity contribution in [1.82, 2.24) is 5.32 Å². The highest BCUT2D eigenvalue weighted by molar-refractivity contribution is 7.80. The van der Waals surface area contributed by atoms with Gasteiger partial charge in [0.15, 0.2) is 0 Å². The fourth-order valence-corrected chi connectivity index (χ4v) is 1.08. The molecule has 0 bridgehead atoms. The minimum atomic E-state index is -0.701. The van der Waals surface area contributed by atoms with Gasteiger partial charge < -0.3 is 5.73 Å². The van der Waals surface area contributed by atoms with E-state index in [1.165, 1.54) is 0 Å². The molecule has 0 fully saturated rings. The van der Waals surface area contributed by atoms with Crippen LogP contribution in [0.15, 0.2) is 0 Å². The third kappa shape index (κ3) is 5.99. The molecule has 0 saturated heterocycles. The fraction of sp³-hybridized carbons (Fsp3) is 0.778. The van der Waals surface area contributed by atoms with Crippen LogP contribution in [0.4, 0.5) is 0 Å². The van der Waals surface area contributed by atoms with Gasteiger partial charge in [-0.1, -0.05) is 19.8 Å². The molecule has 0 aromatic rings. The van der Waals surface area contributed by atoms with Crippen LogP contribution in [0.1, 0.15) is 32.6 Å². The zero-order valence-electron chi connectivity index (χ0n) is 8.45. The normalized spacial score (nSPS) is 12.2. The first-order valence-electron chi connectivity index (χ1n) is 4.82. The zero-order chi connectivity index (χ0) is 11.0. The van der Waals surface area contributed by atoms with E-state index in [9.17, 15) is 9.59 Å². The van der Waals surface area contributed by atoms with Crippen LogP contribution in [0.5, 0.6) is 0 Å². The van der Waals surface area contributed by atoms with Gasteiger partial charge >= 0.3 is 0 Å². The van der Waals surface area contributed by atoms with Crippen LogP contribution in [-0.4, -0.2) is 23.6 Å². The van der Waals surface area contributed by atoms with Crippen LogP contribution in [0.3, 0.4) is 0 Å². The van der Waals surface area contributed by atoms with Crippen LogP contribution in [0.25, 0.3) is 0 Å². The number of carbonyl (C=O) groups is 2. The smallest absolute Gasteiger partial charge is 0.244 e. The topological polar surface area (TPSA) is 72.2 Å². The van der Waals surface area contributed by atoms with E-state index < -0.39 is 11.9 Å². The summed E-state index contributed by atoms with van der Waals surface area (Å²) in [5.41, 5.74) is 5.38. The van der Waals surface area contributed by atoms with Crippen molar-refractivity contribution in [1.29, 1.82) is 0 Å². The van der Waals surface area contributed by atoms with Gasteiger partial charge in [0, 0.05) is 12.2 Å². The molecule has 3 N–H and O–H groups in total. The summed E-state index contributed by atoms with van der Waals surface area (Å²) < 4.78 is 0. The molecule has 0 aromatic heterocycles. The number of amides is 2. The lowest BCUT2D eigenvalue weighted by atomic mass is 10.2. The van der Waals surface area contributed by atoms with Gasteiger partial charge in [0.2, 0.25) is 11.8 Å². The van der Waals surface area contributed by atoms with Crippen molar-refractivity contribution in [3.05, 3.63) is 0 Å². The average Bonchev–Trinajstić information content (AvgIpc) is 2.16. The van der Waals surface area contributed by atoms with Crippen molar-refractivity contribution in [2.75, 3.05) is 5.75 Å². The van der Waals surface area contributed by atoms with Crippen molar-refractivity contribution in [2.24, 2.45) is 5.73 Å². The Morgan fingerprint density at radius 2 is 2.07 bits per heavy atom. The Labute approximate surface area is 90.0 Å². The molecule has 0 aliphatic heterocycles. The molecule has 0 spiro atoms. The van der Waals surface area contributed by atoms with E-state index in [4.69, 9.17) is 5.73 Å². The first-order valence-corrected chi connectivity index (χ1v) is 5.45. The van der Waals surface area contributed by atoms with E-state index in [1.807, 2.05) is 0 Å². The second kappa shape index (κ2) is 7.82. The predicted molar refractivity (Wildman–Crippen MR) is 59.1 cm³/mol. The Kier molecular flexibility index (Phi) is 7.51. The summed E-state index contributed by atoms with van der Waals surface area (Å²) in [6, 6.07) is -0.701. The average molecular weight is 218 g/mol. The Hall–Kier alpha value is -0.550. The van der Waals surface area contributed by atoms with E-state index in [0.29, 0.717) is 6.42 Å². The predicted octanol–water partition coefficient (Wildman–Crippen LogP) is 0.467. The lowest BCUT2D eigenvalue weighted by Crippen LogP contribution is -2.44. The maximum Gasteiger partial charge on any atom is 0.244 e. The second-order valence-electron chi connectivity index (χ2n) is 3.16. The van der Waals surface area contributed by atoms with Gasteiger partial charge in [-0.05, 0) is 6.42 Å². The van der Waals surface area contributed by atoms with E-state index in [1.54, 1.807) is 0 Å². The zero-order valence-corrected chi connectivity index (χ0v) is 9.35. The van der Waals surface area contributed by atoms with Crippen molar-refractivity contribution < 1.29 is 9.59 Å². The Morgan fingerprint density at radius 3 is 2.57 bits per heavy atom. The van der Waals surface area contributed by atoms with E-state index in [0.717, 1.165) is 19.3 Å². The summed E-state index contributed by atoms with van der Waals surface area (Å²) in [5, 5.41) is 2.24. The van der Waals surface area contributed by atoms with Crippen LogP contribution in [0, 0.1) is 0 Å². The first-order chi connectivity index (χ1) is 6.61.